The minimum absolute atomic E-state index is 1.03. The smallest absolute Gasteiger partial charge is 0.0621 e. The molecule has 0 N–H and O–H groups in total. The summed E-state index contributed by atoms with van der Waals surface area (Å²) in [5, 5.41) is 0. The zero-order chi connectivity index (χ0) is 9.84. The first kappa shape index (κ1) is 10.5. The fourth-order valence-electron chi connectivity index (χ4n) is 1.34. The number of hydrogen-bond donors (Lipinski definition) is 0. The van der Waals surface area contributed by atoms with Crippen molar-refractivity contribution in [2.75, 3.05) is 18.0 Å². The molecular weight excluding hydrogens is 228 g/mol. The largest absolute Gasteiger partial charge is 0.371 e. The van der Waals surface area contributed by atoms with Gasteiger partial charge in [-0.15, -0.1) is 0 Å². The molecule has 0 fully saturated rings. The normalized spacial score (nSPS) is 10.2. The Morgan fingerprint density at radius 1 is 1.38 bits per heavy atom. The maximum absolute atomic E-state index is 4.22. The van der Waals surface area contributed by atoms with Gasteiger partial charge in [0.05, 0.1) is 15.9 Å². The number of aryl methyl sites for hydroxylation is 1. The number of nitrogens with zero attached hydrogens (tertiary/aromatic N) is 2. The van der Waals surface area contributed by atoms with Gasteiger partial charge in [0.25, 0.3) is 0 Å². The molecular formula is C10H15BrN2. The predicted molar refractivity (Wildman–Crippen MR) is 60.2 cm³/mol. The SMILES string of the molecule is CCN(CC)c1ccnc(C)c1Br. The summed E-state index contributed by atoms with van der Waals surface area (Å²) < 4.78 is 1.11. The van der Waals surface area contributed by atoms with Crippen LogP contribution in [0.3, 0.4) is 0 Å². The van der Waals surface area contributed by atoms with Crippen molar-refractivity contribution >= 4 is 21.6 Å². The van der Waals surface area contributed by atoms with Crippen molar-refractivity contribution in [2.24, 2.45) is 0 Å². The Labute approximate surface area is 88.1 Å². The van der Waals surface area contributed by atoms with E-state index in [2.05, 4.69) is 39.7 Å². The topological polar surface area (TPSA) is 16.1 Å². The first-order chi connectivity index (χ1) is 6.20. The van der Waals surface area contributed by atoms with Gasteiger partial charge in [-0.2, -0.15) is 0 Å². The maximum atomic E-state index is 4.22. The van der Waals surface area contributed by atoms with Crippen molar-refractivity contribution in [3.05, 3.63) is 22.4 Å². The molecule has 1 heterocycles. The summed E-state index contributed by atoms with van der Waals surface area (Å²) >= 11 is 3.56. The molecule has 3 heteroatoms. The summed E-state index contributed by atoms with van der Waals surface area (Å²) in [5.74, 6) is 0. The van der Waals surface area contributed by atoms with Gasteiger partial charge in [0.15, 0.2) is 0 Å². The van der Waals surface area contributed by atoms with Gasteiger partial charge in [-0.25, -0.2) is 0 Å². The number of aromatic nitrogens is 1. The monoisotopic (exact) mass is 242 g/mol. The highest BCUT2D eigenvalue weighted by Crippen LogP contribution is 2.27. The minimum atomic E-state index is 1.03. The van der Waals surface area contributed by atoms with Crippen LogP contribution in [-0.4, -0.2) is 18.1 Å². The van der Waals surface area contributed by atoms with E-state index in [-0.39, 0.29) is 0 Å². The third kappa shape index (κ3) is 2.21. The summed E-state index contributed by atoms with van der Waals surface area (Å²) in [7, 11) is 0. The van der Waals surface area contributed by atoms with E-state index < -0.39 is 0 Å². The zero-order valence-corrected chi connectivity index (χ0v) is 9.93. The molecule has 13 heavy (non-hydrogen) atoms. The average Bonchev–Trinajstić information content (AvgIpc) is 2.14. The van der Waals surface area contributed by atoms with E-state index in [0.717, 1.165) is 23.3 Å². The molecule has 0 amide bonds. The van der Waals surface area contributed by atoms with Gasteiger partial charge >= 0.3 is 0 Å². The molecule has 0 aliphatic heterocycles. The molecule has 2 nitrogen and oxygen atoms in total. The third-order valence-electron chi connectivity index (χ3n) is 2.15. The van der Waals surface area contributed by atoms with E-state index in [4.69, 9.17) is 0 Å². The van der Waals surface area contributed by atoms with Crippen LogP contribution in [0.25, 0.3) is 0 Å². The lowest BCUT2D eigenvalue weighted by molar-refractivity contribution is 0.859. The molecule has 0 saturated carbocycles. The summed E-state index contributed by atoms with van der Waals surface area (Å²) in [5.41, 5.74) is 2.28. The van der Waals surface area contributed by atoms with Crippen molar-refractivity contribution in [2.45, 2.75) is 20.8 Å². The van der Waals surface area contributed by atoms with Crippen LogP contribution in [0, 0.1) is 6.92 Å². The second-order valence-corrected chi connectivity index (χ2v) is 3.69. The van der Waals surface area contributed by atoms with Gasteiger partial charge in [0, 0.05) is 19.3 Å². The zero-order valence-electron chi connectivity index (χ0n) is 8.34. The molecule has 72 valence electrons. The van der Waals surface area contributed by atoms with Gasteiger partial charge in [0.1, 0.15) is 0 Å². The van der Waals surface area contributed by atoms with E-state index in [0.29, 0.717) is 0 Å². The first-order valence-electron chi connectivity index (χ1n) is 4.56. The Kier molecular flexibility index (Phi) is 3.72. The van der Waals surface area contributed by atoms with Gasteiger partial charge in [-0.1, -0.05) is 0 Å². The quantitative estimate of drug-likeness (QED) is 0.811. The summed E-state index contributed by atoms with van der Waals surface area (Å²) in [4.78, 5) is 6.52. The van der Waals surface area contributed by atoms with E-state index >= 15 is 0 Å². The Morgan fingerprint density at radius 2 is 2.00 bits per heavy atom. The highest BCUT2D eigenvalue weighted by Gasteiger charge is 2.07. The van der Waals surface area contributed by atoms with Crippen LogP contribution < -0.4 is 4.90 Å². The molecule has 0 saturated heterocycles. The molecule has 0 radical (unpaired) electrons. The molecule has 1 aromatic rings. The van der Waals surface area contributed by atoms with Crippen LogP contribution in [-0.2, 0) is 0 Å². The number of anilines is 1. The van der Waals surface area contributed by atoms with Crippen LogP contribution in [0.2, 0.25) is 0 Å². The molecule has 0 atom stereocenters. The Morgan fingerprint density at radius 3 is 2.54 bits per heavy atom. The van der Waals surface area contributed by atoms with Gasteiger partial charge in [-0.05, 0) is 42.8 Å². The molecule has 0 aliphatic carbocycles. The second-order valence-electron chi connectivity index (χ2n) is 2.90. The number of hydrogen-bond acceptors (Lipinski definition) is 2. The summed E-state index contributed by atoms with van der Waals surface area (Å²) in [6.07, 6.45) is 1.85. The highest BCUT2D eigenvalue weighted by atomic mass is 79.9. The highest BCUT2D eigenvalue weighted by molar-refractivity contribution is 9.10. The third-order valence-corrected chi connectivity index (χ3v) is 3.13. The maximum Gasteiger partial charge on any atom is 0.0621 e. The Hall–Kier alpha value is -0.570. The van der Waals surface area contributed by atoms with Crippen molar-refractivity contribution in [1.82, 2.24) is 4.98 Å². The molecule has 1 aromatic heterocycles. The van der Waals surface area contributed by atoms with E-state index in [1.165, 1.54) is 5.69 Å². The van der Waals surface area contributed by atoms with Crippen molar-refractivity contribution in [1.29, 1.82) is 0 Å². The van der Waals surface area contributed by atoms with Gasteiger partial charge in [-0.3, -0.25) is 4.98 Å². The van der Waals surface area contributed by atoms with Gasteiger partial charge in [0.2, 0.25) is 0 Å². The molecule has 0 aromatic carbocycles. The second kappa shape index (κ2) is 4.61. The number of pyridine rings is 1. The number of rotatable bonds is 3. The van der Waals surface area contributed by atoms with Gasteiger partial charge < -0.3 is 4.90 Å². The molecule has 0 bridgehead atoms. The van der Waals surface area contributed by atoms with Crippen LogP contribution in [0.1, 0.15) is 19.5 Å². The lowest BCUT2D eigenvalue weighted by atomic mass is 10.3. The lowest BCUT2D eigenvalue weighted by Crippen LogP contribution is -2.22. The van der Waals surface area contributed by atoms with Crippen LogP contribution in [0.15, 0.2) is 16.7 Å². The molecule has 0 spiro atoms. The van der Waals surface area contributed by atoms with Crippen LogP contribution in [0.4, 0.5) is 5.69 Å². The predicted octanol–water partition coefficient (Wildman–Crippen LogP) is 3.00. The fourth-order valence-corrected chi connectivity index (χ4v) is 1.83. The minimum Gasteiger partial charge on any atom is -0.371 e. The Bertz CT molecular complexity index is 282. The lowest BCUT2D eigenvalue weighted by Gasteiger charge is -2.22. The first-order valence-corrected chi connectivity index (χ1v) is 5.36. The Balaban J connectivity index is 3.05. The molecule has 0 unspecified atom stereocenters. The van der Waals surface area contributed by atoms with Crippen LogP contribution >= 0.6 is 15.9 Å². The van der Waals surface area contributed by atoms with E-state index in [9.17, 15) is 0 Å². The van der Waals surface area contributed by atoms with E-state index in [1.54, 1.807) is 0 Å². The fraction of sp³-hybridized carbons (Fsp3) is 0.500. The summed E-state index contributed by atoms with van der Waals surface area (Å²) in [6, 6.07) is 2.05. The van der Waals surface area contributed by atoms with E-state index in [1.807, 2.05) is 19.2 Å². The average molecular weight is 243 g/mol. The van der Waals surface area contributed by atoms with Crippen LogP contribution in [0.5, 0.6) is 0 Å². The van der Waals surface area contributed by atoms with Crippen molar-refractivity contribution in [3.8, 4) is 0 Å². The molecule has 1 rings (SSSR count). The van der Waals surface area contributed by atoms with Crippen molar-refractivity contribution < 1.29 is 0 Å². The van der Waals surface area contributed by atoms with Crippen molar-refractivity contribution in [3.63, 3.8) is 0 Å². The molecule has 0 aliphatic rings. The standard InChI is InChI=1S/C10H15BrN2/c1-4-13(5-2)9-6-7-12-8(3)10(9)11/h6-7H,4-5H2,1-3H3. The summed E-state index contributed by atoms with van der Waals surface area (Å²) in [6.45, 7) is 8.38. The number of halogens is 1.